The normalized spacial score (nSPS) is 13.8. The van der Waals surface area contributed by atoms with Crippen molar-refractivity contribution in [2.24, 2.45) is 0 Å². The number of ketones is 1. The van der Waals surface area contributed by atoms with Crippen LogP contribution in [-0.2, 0) is 18.8 Å². The topological polar surface area (TPSA) is 52.6 Å². The number of carbonyl (C=O) groups excluding carboxylic acids is 2. The third kappa shape index (κ3) is 8.08. The number of hydrogen-bond acceptors (Lipinski definition) is 4. The lowest BCUT2D eigenvalue weighted by Crippen LogP contribution is -2.44. The van der Waals surface area contributed by atoms with Crippen LogP contribution in [0, 0.1) is 0 Å². The molecule has 0 spiro atoms. The molecule has 0 fully saturated rings. The van der Waals surface area contributed by atoms with Crippen LogP contribution in [0.1, 0.15) is 66.2 Å². The van der Waals surface area contributed by atoms with Gasteiger partial charge >= 0.3 is 5.97 Å². The number of esters is 1. The zero-order valence-corrected chi connectivity index (χ0v) is 16.5. The molecule has 0 amide bonds. The predicted octanol–water partition coefficient (Wildman–Crippen LogP) is 4.48. The molecule has 0 unspecified atom stereocenters. The summed E-state index contributed by atoms with van der Waals surface area (Å²) in [7, 11) is -0.606. The quantitative estimate of drug-likeness (QED) is 0.256. The molecular formula is C17H34O4Si. The molecule has 22 heavy (non-hydrogen) atoms. The minimum atomic E-state index is -1.91. The first kappa shape index (κ1) is 21.3. The van der Waals surface area contributed by atoms with E-state index in [1.807, 2.05) is 0 Å². The Kier molecular flexibility index (Phi) is 9.16. The summed E-state index contributed by atoms with van der Waals surface area (Å²) in [4.78, 5) is 23.3. The first-order chi connectivity index (χ1) is 10.0. The summed E-state index contributed by atoms with van der Waals surface area (Å²) >= 11 is 0. The van der Waals surface area contributed by atoms with Gasteiger partial charge in [-0.2, -0.15) is 0 Å². The summed E-state index contributed by atoms with van der Waals surface area (Å²) in [5, 5.41) is 0.113. The van der Waals surface area contributed by atoms with Crippen LogP contribution >= 0.6 is 0 Å². The molecule has 0 saturated carbocycles. The van der Waals surface area contributed by atoms with Crippen LogP contribution in [0.3, 0.4) is 0 Å². The Hall–Kier alpha value is -0.683. The number of hydrogen-bond donors (Lipinski definition) is 0. The number of carbonyl (C=O) groups is 2. The van der Waals surface area contributed by atoms with E-state index in [1.165, 1.54) is 7.11 Å². The molecule has 0 aliphatic heterocycles. The van der Waals surface area contributed by atoms with Crippen molar-refractivity contribution in [2.45, 2.75) is 90.5 Å². The molecule has 0 aliphatic rings. The fourth-order valence-corrected chi connectivity index (χ4v) is 3.37. The molecule has 0 rings (SSSR count). The highest BCUT2D eigenvalue weighted by Gasteiger charge is 2.39. The van der Waals surface area contributed by atoms with E-state index in [0.29, 0.717) is 6.42 Å². The minimum Gasteiger partial charge on any atom is -0.469 e. The molecule has 0 aliphatic carbocycles. The lowest BCUT2D eigenvalue weighted by molar-refractivity contribution is -0.143. The van der Waals surface area contributed by atoms with E-state index in [2.05, 4.69) is 45.5 Å². The second kappa shape index (κ2) is 9.45. The molecule has 0 saturated heterocycles. The Balaban J connectivity index is 4.75. The fourth-order valence-electron chi connectivity index (χ4n) is 1.98. The summed E-state index contributed by atoms with van der Waals surface area (Å²) in [6.45, 7) is 13.1. The largest absolute Gasteiger partial charge is 0.469 e. The first-order valence-corrected chi connectivity index (χ1v) is 11.2. The first-order valence-electron chi connectivity index (χ1n) is 8.29. The molecule has 1 atom stereocenters. The third-order valence-corrected chi connectivity index (χ3v) is 8.96. The van der Waals surface area contributed by atoms with Crippen molar-refractivity contribution in [1.82, 2.24) is 0 Å². The van der Waals surface area contributed by atoms with Gasteiger partial charge in [0.1, 0.15) is 12.2 Å². The van der Waals surface area contributed by atoms with Crippen molar-refractivity contribution in [2.75, 3.05) is 7.11 Å². The Bertz CT molecular complexity index is 358. The molecule has 0 aromatic rings. The second-order valence-electron chi connectivity index (χ2n) is 7.49. The van der Waals surface area contributed by atoms with Gasteiger partial charge in [0, 0.05) is 6.42 Å². The number of rotatable bonds is 10. The molecule has 130 valence electrons. The maximum atomic E-state index is 12.0. The van der Waals surface area contributed by atoms with E-state index in [1.54, 1.807) is 0 Å². The maximum absolute atomic E-state index is 12.0. The maximum Gasteiger partial charge on any atom is 0.313 e. The van der Waals surface area contributed by atoms with E-state index in [0.717, 1.165) is 25.7 Å². The van der Waals surface area contributed by atoms with Crippen molar-refractivity contribution in [3.8, 4) is 0 Å². The highest BCUT2D eigenvalue weighted by molar-refractivity contribution is 6.74. The fraction of sp³-hybridized carbons (Fsp3) is 0.882. The van der Waals surface area contributed by atoms with Gasteiger partial charge in [0.2, 0.25) is 0 Å². The molecular weight excluding hydrogens is 296 g/mol. The van der Waals surface area contributed by atoms with Crippen LogP contribution in [0.15, 0.2) is 0 Å². The van der Waals surface area contributed by atoms with Crippen LogP contribution in [0.4, 0.5) is 0 Å². The SMILES string of the molecule is CCCCC[C@H](CC(=O)CC(=O)OC)O[Si](C)(C)C(C)(C)C. The lowest BCUT2D eigenvalue weighted by Gasteiger charge is -2.39. The third-order valence-electron chi connectivity index (χ3n) is 4.42. The van der Waals surface area contributed by atoms with Crippen LogP contribution in [0.2, 0.25) is 18.1 Å². The summed E-state index contributed by atoms with van der Waals surface area (Å²) in [6.07, 6.45) is 4.30. The summed E-state index contributed by atoms with van der Waals surface area (Å²) in [6, 6.07) is 0. The van der Waals surface area contributed by atoms with E-state index < -0.39 is 14.3 Å². The summed E-state index contributed by atoms with van der Waals surface area (Å²) < 4.78 is 11.0. The number of unbranched alkanes of at least 4 members (excludes halogenated alkanes) is 2. The van der Waals surface area contributed by atoms with Gasteiger partial charge in [-0.15, -0.1) is 0 Å². The molecule has 0 heterocycles. The highest BCUT2D eigenvalue weighted by atomic mass is 28.4. The molecule has 0 radical (unpaired) electrons. The van der Waals surface area contributed by atoms with Gasteiger partial charge in [0.15, 0.2) is 8.32 Å². The van der Waals surface area contributed by atoms with Crippen LogP contribution < -0.4 is 0 Å². The molecule has 0 aromatic heterocycles. The average molecular weight is 331 g/mol. The molecule has 0 bridgehead atoms. The second-order valence-corrected chi connectivity index (χ2v) is 12.2. The van der Waals surface area contributed by atoms with Crippen molar-refractivity contribution in [3.05, 3.63) is 0 Å². The smallest absolute Gasteiger partial charge is 0.313 e. The van der Waals surface area contributed by atoms with Gasteiger partial charge in [-0.3, -0.25) is 9.59 Å². The van der Waals surface area contributed by atoms with Crippen molar-refractivity contribution >= 4 is 20.1 Å². The number of ether oxygens (including phenoxy) is 1. The minimum absolute atomic E-state index is 0.0791. The Morgan fingerprint density at radius 1 is 1.14 bits per heavy atom. The standard InChI is InChI=1S/C17H34O4Si/c1-8-9-10-11-15(12-14(18)13-16(19)20-5)21-22(6,7)17(2,3)4/h15H,8-13H2,1-7H3/t15-/m1/s1. The number of Topliss-reactive ketones (excluding diaryl/α,β-unsaturated/α-hetero) is 1. The van der Waals surface area contributed by atoms with Crippen molar-refractivity contribution in [1.29, 1.82) is 0 Å². The van der Waals surface area contributed by atoms with Crippen molar-refractivity contribution < 1.29 is 18.8 Å². The van der Waals surface area contributed by atoms with Gasteiger partial charge in [0.25, 0.3) is 0 Å². The molecule has 0 aromatic carbocycles. The Morgan fingerprint density at radius 2 is 1.73 bits per heavy atom. The highest BCUT2D eigenvalue weighted by Crippen LogP contribution is 2.38. The van der Waals surface area contributed by atoms with Gasteiger partial charge in [-0.25, -0.2) is 0 Å². The van der Waals surface area contributed by atoms with E-state index in [-0.39, 0.29) is 23.3 Å². The zero-order chi connectivity index (χ0) is 17.4. The Morgan fingerprint density at radius 3 is 2.18 bits per heavy atom. The van der Waals surface area contributed by atoms with Gasteiger partial charge < -0.3 is 9.16 Å². The van der Waals surface area contributed by atoms with Crippen LogP contribution in [0.25, 0.3) is 0 Å². The van der Waals surface area contributed by atoms with Gasteiger partial charge in [-0.05, 0) is 24.6 Å². The van der Waals surface area contributed by atoms with Gasteiger partial charge in [-0.1, -0.05) is 47.0 Å². The van der Waals surface area contributed by atoms with E-state index in [9.17, 15) is 9.59 Å². The van der Waals surface area contributed by atoms with Crippen LogP contribution in [-0.4, -0.2) is 33.3 Å². The monoisotopic (exact) mass is 330 g/mol. The molecule has 4 nitrogen and oxygen atoms in total. The molecule has 5 heteroatoms. The van der Waals surface area contributed by atoms with Gasteiger partial charge in [0.05, 0.1) is 13.2 Å². The molecule has 0 N–H and O–H groups in total. The Labute approximate surface area is 137 Å². The van der Waals surface area contributed by atoms with Crippen LogP contribution in [0.5, 0.6) is 0 Å². The number of methoxy groups -OCH3 is 1. The van der Waals surface area contributed by atoms with Crippen molar-refractivity contribution in [3.63, 3.8) is 0 Å². The zero-order valence-electron chi connectivity index (χ0n) is 15.5. The predicted molar refractivity (Wildman–Crippen MR) is 92.5 cm³/mol. The van der Waals surface area contributed by atoms with E-state index in [4.69, 9.17) is 4.43 Å². The van der Waals surface area contributed by atoms with E-state index >= 15 is 0 Å². The summed E-state index contributed by atoms with van der Waals surface area (Å²) in [5.41, 5.74) is 0. The summed E-state index contributed by atoms with van der Waals surface area (Å²) in [5.74, 6) is -0.559. The average Bonchev–Trinajstić information content (AvgIpc) is 2.36. The lowest BCUT2D eigenvalue weighted by atomic mass is 10.0.